The lowest BCUT2D eigenvalue weighted by atomic mass is 9.91. The Bertz CT molecular complexity index is 2200. The predicted octanol–water partition coefficient (Wildman–Crippen LogP) is 1.61. The summed E-state index contributed by atoms with van der Waals surface area (Å²) in [5.74, 6) is -9.14. The number of nitrogens with zero attached hydrogens (tertiary/aromatic N) is 7. The molecule has 0 radical (unpaired) electrons. The van der Waals surface area contributed by atoms with Gasteiger partial charge in [-0.1, -0.05) is 81.4 Å². The van der Waals surface area contributed by atoms with E-state index in [1.165, 1.54) is 91.7 Å². The van der Waals surface area contributed by atoms with Gasteiger partial charge in [0.05, 0.1) is 12.6 Å². The molecule has 0 saturated carbocycles. The molecule has 11 amide bonds. The Labute approximate surface area is 477 Å². The zero-order valence-electron chi connectivity index (χ0n) is 52.2. The second-order valence-corrected chi connectivity index (χ2v) is 23.6. The van der Waals surface area contributed by atoms with Gasteiger partial charge in [0.15, 0.2) is 0 Å². The Morgan fingerprint density at radius 1 is 0.500 bits per heavy atom. The van der Waals surface area contributed by atoms with E-state index in [1.807, 2.05) is 41.5 Å². The summed E-state index contributed by atoms with van der Waals surface area (Å²) in [6.45, 7) is 24.9. The van der Waals surface area contributed by atoms with Crippen LogP contribution >= 0.6 is 0 Å². The summed E-state index contributed by atoms with van der Waals surface area (Å²) < 4.78 is 0. The van der Waals surface area contributed by atoms with Crippen molar-refractivity contribution in [3.63, 3.8) is 0 Å². The van der Waals surface area contributed by atoms with Crippen LogP contribution in [-0.2, 0) is 52.7 Å². The van der Waals surface area contributed by atoms with Crippen LogP contribution in [0.4, 0.5) is 0 Å². The number of amides is 11. The molecule has 0 spiro atoms. The summed E-state index contributed by atoms with van der Waals surface area (Å²) in [7, 11) is 9.68. The second-order valence-electron chi connectivity index (χ2n) is 23.6. The molecule has 1 heterocycles. The Hall–Kier alpha value is -6.13. The van der Waals surface area contributed by atoms with Crippen LogP contribution in [0.1, 0.15) is 136 Å². The molecule has 0 aromatic carbocycles. The molecule has 1 fully saturated rings. The highest BCUT2D eigenvalue weighted by atomic mass is 16.3. The first-order valence-corrected chi connectivity index (χ1v) is 28.3. The summed E-state index contributed by atoms with van der Waals surface area (Å²) in [5.41, 5.74) is 0. The fourth-order valence-electron chi connectivity index (χ4n) is 9.48. The number of allylic oxidation sites excluding steroid dienone is 2. The van der Waals surface area contributed by atoms with E-state index >= 15 is 0 Å². The van der Waals surface area contributed by atoms with E-state index in [9.17, 15) is 57.8 Å². The van der Waals surface area contributed by atoms with Crippen molar-refractivity contribution >= 4 is 65.0 Å². The number of nitrogens with one attached hydrogen (secondary N) is 4. The maximum absolute atomic E-state index is 14.9. The highest BCUT2D eigenvalue weighted by molar-refractivity contribution is 5.99. The fourth-order valence-corrected chi connectivity index (χ4v) is 9.48. The van der Waals surface area contributed by atoms with Gasteiger partial charge in [-0.2, -0.15) is 0 Å². The Kier molecular flexibility index (Phi) is 29.1. The van der Waals surface area contributed by atoms with Gasteiger partial charge in [-0.05, 0) is 96.3 Å². The molecule has 1 aliphatic rings. The minimum atomic E-state index is -1.60. The molecule has 0 aromatic rings. The molecule has 0 bridgehead atoms. The van der Waals surface area contributed by atoms with Crippen LogP contribution in [0.2, 0.25) is 0 Å². The quantitative estimate of drug-likeness (QED) is 0.175. The Morgan fingerprint density at radius 2 is 0.938 bits per heavy atom. The Balaban J connectivity index is 4.13. The number of hydrogen-bond acceptors (Lipinski definition) is 12. The molecular weight excluding hydrogens is 1030 g/mol. The molecule has 5 N–H and O–H groups in total. The third-order valence-corrected chi connectivity index (χ3v) is 15.2. The molecule has 456 valence electrons. The lowest BCUT2D eigenvalue weighted by Gasteiger charge is -2.40. The van der Waals surface area contributed by atoms with Crippen LogP contribution < -0.4 is 21.3 Å². The summed E-state index contributed by atoms with van der Waals surface area (Å²) in [4.78, 5) is 165. The number of rotatable bonds is 12. The number of carbonyl (C=O) groups is 11. The van der Waals surface area contributed by atoms with E-state index in [0.29, 0.717) is 6.42 Å². The van der Waals surface area contributed by atoms with Gasteiger partial charge in [0, 0.05) is 49.3 Å². The van der Waals surface area contributed by atoms with Gasteiger partial charge in [0.1, 0.15) is 60.4 Å². The minimum absolute atomic E-state index is 0.0254. The average molecular weight is 1130 g/mol. The van der Waals surface area contributed by atoms with Gasteiger partial charge in [0.2, 0.25) is 65.0 Å². The van der Waals surface area contributed by atoms with Gasteiger partial charge < -0.3 is 60.7 Å². The van der Waals surface area contributed by atoms with Gasteiger partial charge in [-0.15, -0.1) is 0 Å². The van der Waals surface area contributed by atoms with E-state index in [0.717, 1.165) is 19.6 Å². The molecule has 1 saturated heterocycles. The number of aliphatic hydroxyl groups is 1. The molecule has 80 heavy (non-hydrogen) atoms. The van der Waals surface area contributed by atoms with Crippen LogP contribution in [0.3, 0.4) is 0 Å². The SMILES string of the molecule is C/C=C/CC(C)C(O)C1C(=O)NC(CC)C(=O)N(C)CC(=O)N(C)C(CC(C)C)C(=O)NC(C(C)C)C(=O)N(C)C(CC(C)C)C(=O)NC(C)C(=O)NC(C)C(=O)N(C)C(C)C(=O)N(C)C(C)C(=O)N(C)C(CC(C)C)C(=O)N1C. The predicted molar refractivity (Wildman–Crippen MR) is 305 cm³/mol. The zero-order chi connectivity index (χ0) is 62.1. The summed E-state index contributed by atoms with van der Waals surface area (Å²) in [6.07, 6.45) is 2.84. The summed E-state index contributed by atoms with van der Waals surface area (Å²) >= 11 is 0. The molecule has 12 atom stereocenters. The lowest BCUT2D eigenvalue weighted by molar-refractivity contribution is -0.155. The van der Waals surface area contributed by atoms with Crippen LogP contribution in [0.5, 0.6) is 0 Å². The average Bonchev–Trinajstić information content (AvgIpc) is 3.39. The standard InChI is InChI=1S/C57H101N11O12/c1-23-25-26-35(11)47(70)46-51(74)60-40(24-2)55(78)62(16)30-44(69)65(19)41(27-31(3)4)50(73)61-45(34(9)10)57(80)66(20)42(28-32(5)6)49(72)58-36(12)48(71)59-37(13)52(75)63(17)38(14)53(76)64(18)39(15)54(77)67(21)43(29-33(7)8)56(79)68(46)22/h23,25,31-43,45-47,70H,24,26-30H2,1-22H3,(H,58,72)(H,59,71)(H,60,74)(H,61,73)/b25-23+. The van der Waals surface area contributed by atoms with E-state index < -0.39 is 150 Å². The molecule has 1 aliphatic heterocycles. The first kappa shape index (κ1) is 71.9. The van der Waals surface area contributed by atoms with Crippen molar-refractivity contribution in [1.29, 1.82) is 0 Å². The van der Waals surface area contributed by atoms with Crippen molar-refractivity contribution in [3.05, 3.63) is 12.2 Å². The third kappa shape index (κ3) is 19.6. The van der Waals surface area contributed by atoms with Crippen molar-refractivity contribution in [3.8, 4) is 0 Å². The van der Waals surface area contributed by atoms with Gasteiger partial charge in [-0.25, -0.2) is 0 Å². The molecule has 23 heteroatoms. The maximum atomic E-state index is 14.9. The topological polar surface area (TPSA) is 279 Å². The van der Waals surface area contributed by atoms with E-state index in [4.69, 9.17) is 0 Å². The molecule has 12 unspecified atom stereocenters. The van der Waals surface area contributed by atoms with Crippen molar-refractivity contribution < 1.29 is 57.8 Å². The molecule has 0 aromatic heterocycles. The van der Waals surface area contributed by atoms with Crippen molar-refractivity contribution in [2.75, 3.05) is 55.9 Å². The second kappa shape index (κ2) is 32.3. The zero-order valence-corrected chi connectivity index (χ0v) is 52.2. The summed E-state index contributed by atoms with van der Waals surface area (Å²) in [6, 6.07) is -12.3. The Morgan fingerprint density at radius 3 is 1.41 bits per heavy atom. The number of hydrogen-bond donors (Lipinski definition) is 5. The largest absolute Gasteiger partial charge is 0.390 e. The fraction of sp³-hybridized carbons (Fsp3) is 0.772. The molecule has 1 rings (SSSR count). The monoisotopic (exact) mass is 1130 g/mol. The maximum Gasteiger partial charge on any atom is 0.246 e. The molecule has 0 aliphatic carbocycles. The highest BCUT2D eigenvalue weighted by Crippen LogP contribution is 2.23. The normalized spacial score (nSPS) is 27.7. The van der Waals surface area contributed by atoms with Gasteiger partial charge >= 0.3 is 0 Å². The minimum Gasteiger partial charge on any atom is -0.390 e. The molecular formula is C57H101N11O12. The highest BCUT2D eigenvalue weighted by Gasteiger charge is 2.44. The van der Waals surface area contributed by atoms with Crippen LogP contribution in [0.25, 0.3) is 0 Å². The number of aliphatic hydroxyl groups excluding tert-OH is 1. The van der Waals surface area contributed by atoms with Crippen LogP contribution in [-0.4, -0.2) is 227 Å². The van der Waals surface area contributed by atoms with Crippen molar-refractivity contribution in [2.45, 2.75) is 202 Å². The van der Waals surface area contributed by atoms with E-state index in [-0.39, 0.29) is 43.4 Å². The lowest BCUT2D eigenvalue weighted by Crippen LogP contribution is -2.62. The smallest absolute Gasteiger partial charge is 0.246 e. The third-order valence-electron chi connectivity index (χ3n) is 15.2. The van der Waals surface area contributed by atoms with Crippen molar-refractivity contribution in [2.24, 2.45) is 29.6 Å². The first-order chi connectivity index (χ1) is 36.9. The number of carbonyl (C=O) groups excluding carboxylic acids is 11. The van der Waals surface area contributed by atoms with Crippen LogP contribution in [0, 0.1) is 29.6 Å². The van der Waals surface area contributed by atoms with E-state index in [1.54, 1.807) is 46.8 Å². The number of likely N-dealkylation sites (N-methyl/N-ethyl adjacent to an activating group) is 7. The van der Waals surface area contributed by atoms with Crippen molar-refractivity contribution in [1.82, 2.24) is 55.6 Å². The van der Waals surface area contributed by atoms with Gasteiger partial charge in [-0.3, -0.25) is 52.7 Å². The molecule has 23 nitrogen and oxygen atoms in total. The summed E-state index contributed by atoms with van der Waals surface area (Å²) in [5, 5.41) is 22.8. The van der Waals surface area contributed by atoms with E-state index in [2.05, 4.69) is 21.3 Å². The van der Waals surface area contributed by atoms with Crippen LogP contribution in [0.15, 0.2) is 12.2 Å². The first-order valence-electron chi connectivity index (χ1n) is 28.3. The van der Waals surface area contributed by atoms with Gasteiger partial charge in [0.25, 0.3) is 0 Å².